The SMILES string of the molecule is CC[C@@H]1Cn2ncc(S(=N)(N)=O)c2O1. The Bertz CT molecular complexity index is 450. The number of hydrogen-bond donors (Lipinski definition) is 2. The van der Waals surface area contributed by atoms with Gasteiger partial charge in [-0.1, -0.05) is 6.92 Å². The molecular weight excluding hydrogens is 204 g/mol. The lowest BCUT2D eigenvalue weighted by Crippen LogP contribution is -2.14. The summed E-state index contributed by atoms with van der Waals surface area (Å²) in [5.74, 6) is 0.388. The number of aromatic nitrogens is 2. The van der Waals surface area contributed by atoms with Crippen LogP contribution in [0.1, 0.15) is 13.3 Å². The molecule has 3 N–H and O–H groups in total. The number of nitrogens with one attached hydrogen (secondary N) is 1. The largest absolute Gasteiger partial charge is 0.472 e. The van der Waals surface area contributed by atoms with E-state index in [2.05, 4.69) is 5.10 Å². The highest BCUT2D eigenvalue weighted by molar-refractivity contribution is 7.90. The van der Waals surface area contributed by atoms with Crippen molar-refractivity contribution in [2.24, 2.45) is 5.14 Å². The van der Waals surface area contributed by atoms with Gasteiger partial charge in [-0.2, -0.15) is 5.10 Å². The molecule has 0 saturated heterocycles. The molecule has 0 saturated carbocycles. The van der Waals surface area contributed by atoms with Crippen LogP contribution in [0, 0.1) is 4.78 Å². The minimum atomic E-state index is -3.22. The first-order valence-corrected chi connectivity index (χ1v) is 5.93. The summed E-state index contributed by atoms with van der Waals surface area (Å²) in [5.41, 5.74) is 0. The molecule has 0 aliphatic carbocycles. The molecule has 78 valence electrons. The monoisotopic (exact) mass is 216 g/mol. The summed E-state index contributed by atoms with van der Waals surface area (Å²) in [5, 5.41) is 9.20. The first-order chi connectivity index (χ1) is 6.52. The van der Waals surface area contributed by atoms with E-state index in [4.69, 9.17) is 14.7 Å². The van der Waals surface area contributed by atoms with Gasteiger partial charge in [0.05, 0.1) is 12.7 Å². The van der Waals surface area contributed by atoms with Crippen LogP contribution >= 0.6 is 0 Å². The number of rotatable bonds is 2. The maximum Gasteiger partial charge on any atom is 0.231 e. The molecule has 14 heavy (non-hydrogen) atoms. The molecule has 0 spiro atoms. The predicted molar refractivity (Wildman–Crippen MR) is 50.2 cm³/mol. The molecule has 0 aromatic carbocycles. The Labute approximate surface area is 82.1 Å². The van der Waals surface area contributed by atoms with E-state index in [1.54, 1.807) is 4.68 Å². The molecule has 2 rings (SSSR count). The van der Waals surface area contributed by atoms with Crippen LogP contribution in [0.4, 0.5) is 0 Å². The number of hydrogen-bond acceptors (Lipinski definition) is 4. The van der Waals surface area contributed by atoms with Crippen molar-refractivity contribution in [3.8, 4) is 5.88 Å². The molecule has 2 heterocycles. The van der Waals surface area contributed by atoms with Crippen LogP contribution < -0.4 is 9.88 Å². The molecule has 0 amide bonds. The summed E-state index contributed by atoms with van der Waals surface area (Å²) in [7, 11) is -3.22. The van der Waals surface area contributed by atoms with Gasteiger partial charge in [-0.3, -0.25) is 0 Å². The maximum absolute atomic E-state index is 11.3. The number of ether oxygens (including phenoxy) is 1. The van der Waals surface area contributed by atoms with Gasteiger partial charge in [-0.25, -0.2) is 18.8 Å². The average Bonchev–Trinajstić information content (AvgIpc) is 2.57. The quantitative estimate of drug-likeness (QED) is 0.746. The number of fused-ring (bicyclic) bond motifs is 1. The van der Waals surface area contributed by atoms with Crippen LogP contribution in [0.5, 0.6) is 5.88 Å². The smallest absolute Gasteiger partial charge is 0.231 e. The van der Waals surface area contributed by atoms with E-state index in [0.29, 0.717) is 12.4 Å². The minimum absolute atomic E-state index is 0.0548. The third-order valence-corrected chi connectivity index (χ3v) is 3.13. The topological polar surface area (TPSA) is 94.0 Å². The molecule has 1 aromatic rings. The lowest BCUT2D eigenvalue weighted by molar-refractivity contribution is 0.222. The van der Waals surface area contributed by atoms with Crippen LogP contribution in [-0.2, 0) is 16.5 Å². The first kappa shape index (κ1) is 9.47. The van der Waals surface area contributed by atoms with Gasteiger partial charge in [0.1, 0.15) is 20.9 Å². The summed E-state index contributed by atoms with van der Waals surface area (Å²) < 4.78 is 25.6. The molecule has 0 fully saturated rings. The van der Waals surface area contributed by atoms with Crippen LogP contribution in [0.25, 0.3) is 0 Å². The lowest BCUT2D eigenvalue weighted by Gasteiger charge is -2.06. The molecule has 6 nitrogen and oxygen atoms in total. The molecule has 0 bridgehead atoms. The van der Waals surface area contributed by atoms with Crippen LogP contribution in [0.3, 0.4) is 0 Å². The van der Waals surface area contributed by atoms with Crippen LogP contribution in [0.2, 0.25) is 0 Å². The van der Waals surface area contributed by atoms with E-state index in [9.17, 15) is 4.21 Å². The van der Waals surface area contributed by atoms with E-state index >= 15 is 0 Å². The fourth-order valence-electron chi connectivity index (χ4n) is 1.41. The van der Waals surface area contributed by atoms with E-state index in [1.165, 1.54) is 6.20 Å². The normalized spacial score (nSPS) is 24.0. The second-order valence-electron chi connectivity index (χ2n) is 3.24. The summed E-state index contributed by atoms with van der Waals surface area (Å²) in [6.45, 7) is 2.64. The van der Waals surface area contributed by atoms with Crippen molar-refractivity contribution in [2.75, 3.05) is 0 Å². The van der Waals surface area contributed by atoms with Gasteiger partial charge in [0.25, 0.3) is 0 Å². The van der Waals surface area contributed by atoms with Crippen molar-refractivity contribution in [3.05, 3.63) is 6.20 Å². The molecule has 1 unspecified atom stereocenters. The third-order valence-electron chi connectivity index (χ3n) is 2.20. The summed E-state index contributed by atoms with van der Waals surface area (Å²) in [4.78, 5) is 0.188. The van der Waals surface area contributed by atoms with Crippen molar-refractivity contribution in [1.29, 1.82) is 4.78 Å². The minimum Gasteiger partial charge on any atom is -0.472 e. The van der Waals surface area contributed by atoms with Gasteiger partial charge in [-0.05, 0) is 6.42 Å². The Morgan fingerprint density at radius 1 is 1.93 bits per heavy atom. The second kappa shape index (κ2) is 2.96. The van der Waals surface area contributed by atoms with Crippen LogP contribution in [0.15, 0.2) is 11.1 Å². The fraction of sp³-hybridized carbons (Fsp3) is 0.571. The summed E-state index contributed by atoms with van der Waals surface area (Å²) >= 11 is 0. The third kappa shape index (κ3) is 1.38. The lowest BCUT2D eigenvalue weighted by atomic mass is 10.3. The van der Waals surface area contributed by atoms with Gasteiger partial charge >= 0.3 is 0 Å². The Morgan fingerprint density at radius 3 is 3.21 bits per heavy atom. The van der Waals surface area contributed by atoms with Gasteiger partial charge in [0.15, 0.2) is 0 Å². The molecule has 1 aromatic heterocycles. The molecule has 2 atom stereocenters. The highest BCUT2D eigenvalue weighted by atomic mass is 32.2. The van der Waals surface area contributed by atoms with Crippen molar-refractivity contribution >= 4 is 9.92 Å². The van der Waals surface area contributed by atoms with Gasteiger partial charge in [0, 0.05) is 0 Å². The first-order valence-electron chi connectivity index (χ1n) is 4.31. The molecule has 0 radical (unpaired) electrons. The molecule has 7 heteroatoms. The van der Waals surface area contributed by atoms with Crippen molar-refractivity contribution in [1.82, 2.24) is 9.78 Å². The highest BCUT2D eigenvalue weighted by Crippen LogP contribution is 2.29. The zero-order chi connectivity index (χ0) is 10.3. The van der Waals surface area contributed by atoms with Gasteiger partial charge < -0.3 is 4.74 Å². The van der Waals surface area contributed by atoms with E-state index in [-0.39, 0.29) is 11.0 Å². The van der Waals surface area contributed by atoms with E-state index in [0.717, 1.165) is 6.42 Å². The van der Waals surface area contributed by atoms with Crippen molar-refractivity contribution < 1.29 is 8.95 Å². The van der Waals surface area contributed by atoms with Gasteiger partial charge in [0.2, 0.25) is 5.88 Å². The maximum atomic E-state index is 11.3. The average molecular weight is 216 g/mol. The van der Waals surface area contributed by atoms with Crippen LogP contribution in [-0.4, -0.2) is 20.1 Å². The second-order valence-corrected chi connectivity index (χ2v) is 4.89. The predicted octanol–water partition coefficient (Wildman–Crippen LogP) is 0.333. The Hall–Kier alpha value is -1.08. The number of nitrogens with zero attached hydrogens (tertiary/aromatic N) is 2. The standard InChI is InChI=1S/C7H12N4O2S/c1-2-5-4-11-7(13-5)6(3-10-11)14(8,9)12/h3,5H,2,4H2,1H3,(H3,8,9,12)/t5-/m1/s1. The summed E-state index contributed by atoms with van der Waals surface area (Å²) in [6.07, 6.45) is 2.25. The molecular formula is C7H12N4O2S. The Morgan fingerprint density at radius 2 is 2.64 bits per heavy atom. The van der Waals surface area contributed by atoms with Crippen molar-refractivity contribution in [3.63, 3.8) is 0 Å². The zero-order valence-corrected chi connectivity index (χ0v) is 8.58. The fourth-order valence-corrected chi connectivity index (χ4v) is 2.03. The number of nitrogens with two attached hydrogens (primary N) is 1. The molecule has 1 aliphatic rings. The Balaban J connectivity index is 2.42. The van der Waals surface area contributed by atoms with E-state index in [1.807, 2.05) is 6.92 Å². The Kier molecular flexibility index (Phi) is 2.00. The van der Waals surface area contributed by atoms with E-state index < -0.39 is 9.92 Å². The van der Waals surface area contributed by atoms with Gasteiger partial charge in [-0.15, -0.1) is 0 Å². The van der Waals surface area contributed by atoms with Crippen molar-refractivity contribution in [2.45, 2.75) is 30.9 Å². The zero-order valence-electron chi connectivity index (χ0n) is 7.77. The summed E-state index contributed by atoms with van der Waals surface area (Å²) in [6, 6.07) is 0. The highest BCUT2D eigenvalue weighted by Gasteiger charge is 2.28. The molecule has 1 aliphatic heterocycles.